The number of nitrogens with zero attached hydrogens (tertiary/aromatic N) is 2. The molecule has 1 aliphatic heterocycles. The minimum Gasteiger partial charge on any atom is -0.480 e. The third kappa shape index (κ3) is 6.95. The molecule has 9 nitrogen and oxygen atoms in total. The number of hydrogen-bond donors (Lipinski definition) is 4. The fourth-order valence-electron chi connectivity index (χ4n) is 3.12. The highest BCUT2D eigenvalue weighted by atomic mass is 19.4. The molecule has 31 heavy (non-hydrogen) atoms. The number of aromatic nitrogens is 2. The van der Waals surface area contributed by atoms with Crippen LogP contribution in [0.4, 0.5) is 13.2 Å². The smallest absolute Gasteiger partial charge is 0.480 e. The Morgan fingerprint density at radius 1 is 1.16 bits per heavy atom. The van der Waals surface area contributed by atoms with E-state index in [1.807, 2.05) is 24.3 Å². The van der Waals surface area contributed by atoms with E-state index in [9.17, 15) is 22.8 Å². The van der Waals surface area contributed by atoms with E-state index in [4.69, 9.17) is 15.0 Å². The van der Waals surface area contributed by atoms with Gasteiger partial charge in [0.2, 0.25) is 5.91 Å². The molecule has 2 heterocycles. The van der Waals surface area contributed by atoms with Crippen molar-refractivity contribution in [3.63, 3.8) is 0 Å². The van der Waals surface area contributed by atoms with Crippen LogP contribution in [0, 0.1) is 0 Å². The van der Waals surface area contributed by atoms with E-state index in [-0.39, 0.29) is 11.9 Å². The van der Waals surface area contributed by atoms with Gasteiger partial charge in [0, 0.05) is 20.0 Å². The summed E-state index contributed by atoms with van der Waals surface area (Å²) in [6.07, 6.45) is -2.44. The monoisotopic (exact) mass is 444 g/mol. The predicted molar refractivity (Wildman–Crippen MR) is 103 cm³/mol. The molecule has 4 N–H and O–H groups in total. The molecular formula is C19H23F3N4O5. The Balaban J connectivity index is 0.000000423. The van der Waals surface area contributed by atoms with Crippen LogP contribution in [-0.4, -0.2) is 74.8 Å². The van der Waals surface area contributed by atoms with E-state index in [1.54, 1.807) is 11.9 Å². The predicted octanol–water partition coefficient (Wildman–Crippen LogP) is 1.79. The van der Waals surface area contributed by atoms with Crippen molar-refractivity contribution in [2.45, 2.75) is 43.9 Å². The fraction of sp³-hybridized carbons (Fsp3) is 0.474. The standard InChI is InChI=1S/C17H22N4O3.C2HF3O2/c1-21(16(22)13-8-9-14(18-13)17(23)24)10-4-7-15-19-11-5-2-3-6-12(11)20-15;3-2(4,5)1(6)7/h2-3,5-6,13-14,18H,4,7-10H2,1H3,(H,19,20)(H,23,24);(H,6,7)/t13-,14+;/m1./s1. The van der Waals surface area contributed by atoms with Gasteiger partial charge in [-0.1, -0.05) is 12.1 Å². The van der Waals surface area contributed by atoms with Gasteiger partial charge >= 0.3 is 18.1 Å². The van der Waals surface area contributed by atoms with Gasteiger partial charge in [0.15, 0.2) is 0 Å². The lowest BCUT2D eigenvalue weighted by Crippen LogP contribution is -2.45. The number of likely N-dealkylation sites (N-methyl/N-ethyl adjacent to an activating group) is 1. The first-order chi connectivity index (χ1) is 14.5. The molecule has 0 bridgehead atoms. The lowest BCUT2D eigenvalue weighted by Gasteiger charge is -2.21. The summed E-state index contributed by atoms with van der Waals surface area (Å²) < 4.78 is 31.7. The maximum atomic E-state index is 12.3. The zero-order chi connectivity index (χ0) is 23.2. The summed E-state index contributed by atoms with van der Waals surface area (Å²) in [6.45, 7) is 0.617. The fourth-order valence-corrected chi connectivity index (χ4v) is 3.12. The Labute approximate surface area is 175 Å². The number of halogens is 3. The number of H-pyrrole nitrogens is 1. The molecular weight excluding hydrogens is 421 g/mol. The number of hydrogen-bond acceptors (Lipinski definition) is 5. The molecule has 0 aliphatic carbocycles. The van der Waals surface area contributed by atoms with Crippen molar-refractivity contribution in [3.8, 4) is 0 Å². The third-order valence-electron chi connectivity index (χ3n) is 4.71. The number of amides is 1. The molecule has 0 unspecified atom stereocenters. The number of aliphatic carboxylic acids is 2. The number of aryl methyl sites for hydroxylation is 1. The minimum atomic E-state index is -5.08. The highest BCUT2D eigenvalue weighted by Gasteiger charge is 2.38. The quantitative estimate of drug-likeness (QED) is 0.533. The summed E-state index contributed by atoms with van der Waals surface area (Å²) in [5.41, 5.74) is 1.97. The highest BCUT2D eigenvalue weighted by molar-refractivity contribution is 5.84. The number of para-hydroxylation sites is 2. The van der Waals surface area contributed by atoms with Crippen LogP contribution < -0.4 is 5.32 Å². The second-order valence-electron chi connectivity index (χ2n) is 7.05. The van der Waals surface area contributed by atoms with Gasteiger partial charge in [-0.25, -0.2) is 9.78 Å². The van der Waals surface area contributed by atoms with E-state index in [0.717, 1.165) is 29.7 Å². The number of carboxylic acids is 2. The lowest BCUT2D eigenvalue weighted by molar-refractivity contribution is -0.192. The number of imidazole rings is 1. The molecule has 1 saturated heterocycles. The molecule has 0 spiro atoms. The molecule has 1 aromatic heterocycles. The first-order valence-electron chi connectivity index (χ1n) is 9.46. The highest BCUT2D eigenvalue weighted by Crippen LogP contribution is 2.15. The number of aromatic amines is 1. The van der Waals surface area contributed by atoms with Gasteiger partial charge in [-0.15, -0.1) is 0 Å². The van der Waals surface area contributed by atoms with Crippen molar-refractivity contribution >= 4 is 28.9 Å². The summed E-state index contributed by atoms with van der Waals surface area (Å²) in [7, 11) is 1.76. The van der Waals surface area contributed by atoms with Gasteiger partial charge in [0.05, 0.1) is 17.1 Å². The van der Waals surface area contributed by atoms with Gasteiger partial charge in [-0.05, 0) is 31.4 Å². The van der Waals surface area contributed by atoms with Crippen molar-refractivity contribution in [1.82, 2.24) is 20.2 Å². The number of carbonyl (C=O) groups is 3. The molecule has 1 fully saturated rings. The number of carboxylic acid groups (broad SMARTS) is 2. The van der Waals surface area contributed by atoms with E-state index < -0.39 is 24.2 Å². The van der Waals surface area contributed by atoms with Crippen molar-refractivity contribution in [3.05, 3.63) is 30.1 Å². The van der Waals surface area contributed by atoms with Crippen LogP contribution in [0.2, 0.25) is 0 Å². The van der Waals surface area contributed by atoms with Gasteiger partial charge in [0.1, 0.15) is 11.9 Å². The van der Waals surface area contributed by atoms with Crippen LogP contribution >= 0.6 is 0 Å². The number of nitrogens with one attached hydrogen (secondary N) is 2. The third-order valence-corrected chi connectivity index (χ3v) is 4.71. The normalized spacial score (nSPS) is 18.3. The van der Waals surface area contributed by atoms with Crippen LogP contribution in [0.3, 0.4) is 0 Å². The van der Waals surface area contributed by atoms with Crippen molar-refractivity contribution in [1.29, 1.82) is 0 Å². The second kappa shape index (κ2) is 10.2. The maximum Gasteiger partial charge on any atom is 0.490 e. The Hall–Kier alpha value is -3.15. The SMILES string of the molecule is CN(CCCc1nc2ccccc2[nH]1)C(=O)[C@H]1CC[C@@H](C(=O)O)N1.O=C(O)C(F)(F)F. The topological polar surface area (TPSA) is 136 Å². The molecule has 170 valence electrons. The first kappa shape index (κ1) is 24.1. The summed E-state index contributed by atoms with van der Waals surface area (Å²) in [5, 5.41) is 19.0. The summed E-state index contributed by atoms with van der Waals surface area (Å²) in [5.74, 6) is -2.77. The van der Waals surface area contributed by atoms with Crippen molar-refractivity contribution in [2.24, 2.45) is 0 Å². The van der Waals surface area contributed by atoms with E-state index in [2.05, 4.69) is 15.3 Å². The largest absolute Gasteiger partial charge is 0.490 e. The van der Waals surface area contributed by atoms with Gasteiger partial charge in [-0.2, -0.15) is 13.2 Å². The Morgan fingerprint density at radius 3 is 2.32 bits per heavy atom. The van der Waals surface area contributed by atoms with Gasteiger partial charge in [-0.3, -0.25) is 14.9 Å². The summed E-state index contributed by atoms with van der Waals surface area (Å²) in [4.78, 5) is 41.7. The van der Waals surface area contributed by atoms with Gasteiger partial charge in [0.25, 0.3) is 0 Å². The molecule has 1 aromatic carbocycles. The van der Waals surface area contributed by atoms with Gasteiger partial charge < -0.3 is 20.1 Å². The number of carbonyl (C=O) groups excluding carboxylic acids is 1. The van der Waals surface area contributed by atoms with Crippen LogP contribution in [0.5, 0.6) is 0 Å². The van der Waals surface area contributed by atoms with Crippen LogP contribution in [0.15, 0.2) is 24.3 Å². The molecule has 1 aliphatic rings. The molecule has 0 radical (unpaired) electrons. The summed E-state index contributed by atoms with van der Waals surface area (Å²) in [6, 6.07) is 6.89. The number of rotatable bonds is 6. The van der Waals surface area contributed by atoms with Crippen LogP contribution in [0.1, 0.15) is 25.1 Å². The molecule has 0 saturated carbocycles. The zero-order valence-corrected chi connectivity index (χ0v) is 16.6. The number of fused-ring (bicyclic) bond motifs is 1. The average Bonchev–Trinajstić information content (AvgIpc) is 3.34. The average molecular weight is 444 g/mol. The molecule has 1 amide bonds. The zero-order valence-electron chi connectivity index (χ0n) is 16.6. The molecule has 2 aromatic rings. The van der Waals surface area contributed by atoms with E-state index in [0.29, 0.717) is 19.4 Å². The van der Waals surface area contributed by atoms with Crippen molar-refractivity contribution < 1.29 is 37.8 Å². The number of benzene rings is 1. The summed E-state index contributed by atoms with van der Waals surface area (Å²) >= 11 is 0. The van der Waals surface area contributed by atoms with Crippen LogP contribution in [0.25, 0.3) is 11.0 Å². The molecule has 12 heteroatoms. The Bertz CT molecular complexity index is 898. The van der Waals surface area contributed by atoms with Crippen LogP contribution in [-0.2, 0) is 20.8 Å². The Morgan fingerprint density at radius 2 is 1.77 bits per heavy atom. The molecule has 2 atom stereocenters. The maximum absolute atomic E-state index is 12.3. The van der Waals surface area contributed by atoms with E-state index in [1.165, 1.54) is 0 Å². The van der Waals surface area contributed by atoms with Crippen molar-refractivity contribution in [2.75, 3.05) is 13.6 Å². The lowest BCUT2D eigenvalue weighted by atomic mass is 10.1. The van der Waals surface area contributed by atoms with E-state index >= 15 is 0 Å². The number of alkyl halides is 3. The second-order valence-corrected chi connectivity index (χ2v) is 7.05. The first-order valence-corrected chi connectivity index (χ1v) is 9.46. The minimum absolute atomic E-state index is 0.0386. The Kier molecular flexibility index (Phi) is 7.97. The molecule has 3 rings (SSSR count).